The van der Waals surface area contributed by atoms with Crippen LogP contribution in [0.1, 0.15) is 0 Å². The molecule has 1 saturated heterocycles. The minimum atomic E-state index is -0.127. The number of methoxy groups -OCH3 is 3. The Morgan fingerprint density at radius 3 is 2.26 bits per heavy atom. The molecule has 0 bridgehead atoms. The van der Waals surface area contributed by atoms with Crippen LogP contribution in [0.4, 0.5) is 16.3 Å². The van der Waals surface area contributed by atoms with Gasteiger partial charge in [0.15, 0.2) is 0 Å². The molecular formula is C18H23N5O4. The van der Waals surface area contributed by atoms with Gasteiger partial charge in [-0.3, -0.25) is 0 Å². The van der Waals surface area contributed by atoms with Crippen LogP contribution in [0.25, 0.3) is 0 Å². The van der Waals surface area contributed by atoms with Gasteiger partial charge in [0.05, 0.1) is 21.3 Å². The maximum Gasteiger partial charge on any atom is 0.321 e. The van der Waals surface area contributed by atoms with Gasteiger partial charge in [-0.1, -0.05) is 0 Å². The summed E-state index contributed by atoms with van der Waals surface area (Å²) in [7, 11) is 4.67. The normalized spacial score (nSPS) is 13.9. The van der Waals surface area contributed by atoms with E-state index in [9.17, 15) is 4.79 Å². The number of hydrogen-bond donors (Lipinski definition) is 1. The fourth-order valence-corrected chi connectivity index (χ4v) is 2.77. The molecule has 144 valence electrons. The number of rotatable bonds is 5. The predicted molar refractivity (Wildman–Crippen MR) is 101 cm³/mol. The number of hydrogen-bond acceptors (Lipinski definition) is 7. The van der Waals surface area contributed by atoms with Crippen molar-refractivity contribution in [3.8, 4) is 17.6 Å². The van der Waals surface area contributed by atoms with E-state index in [1.165, 1.54) is 7.11 Å². The first-order valence-corrected chi connectivity index (χ1v) is 8.55. The molecule has 27 heavy (non-hydrogen) atoms. The van der Waals surface area contributed by atoms with Crippen LogP contribution in [0.15, 0.2) is 30.3 Å². The Morgan fingerprint density at radius 2 is 1.67 bits per heavy atom. The molecule has 0 aliphatic carbocycles. The molecule has 0 spiro atoms. The van der Waals surface area contributed by atoms with Crippen LogP contribution in [-0.2, 0) is 0 Å². The van der Waals surface area contributed by atoms with Crippen molar-refractivity contribution in [2.24, 2.45) is 0 Å². The van der Waals surface area contributed by atoms with E-state index in [0.29, 0.717) is 37.9 Å². The van der Waals surface area contributed by atoms with Gasteiger partial charge in [0.25, 0.3) is 0 Å². The summed E-state index contributed by atoms with van der Waals surface area (Å²) in [6.07, 6.45) is 0. The molecule has 3 rings (SSSR count). The van der Waals surface area contributed by atoms with E-state index in [-0.39, 0.29) is 12.0 Å². The Morgan fingerprint density at radius 1 is 0.963 bits per heavy atom. The zero-order valence-electron chi connectivity index (χ0n) is 15.6. The molecule has 1 N–H and O–H groups in total. The Balaban J connectivity index is 1.58. The number of anilines is 2. The third-order valence-corrected chi connectivity index (χ3v) is 4.29. The largest absolute Gasteiger partial charge is 0.497 e. The smallest absolute Gasteiger partial charge is 0.321 e. The van der Waals surface area contributed by atoms with Crippen molar-refractivity contribution in [2.75, 3.05) is 57.7 Å². The first kappa shape index (κ1) is 18.6. The fourth-order valence-electron chi connectivity index (χ4n) is 2.77. The van der Waals surface area contributed by atoms with Crippen molar-refractivity contribution in [1.29, 1.82) is 0 Å². The highest BCUT2D eigenvalue weighted by atomic mass is 16.5. The van der Waals surface area contributed by atoms with E-state index < -0.39 is 0 Å². The number of nitrogens with one attached hydrogen (secondary N) is 1. The second kappa shape index (κ2) is 8.43. The molecule has 2 amide bonds. The SMILES string of the molecule is COc1ccc(NC(=O)N2CCN(c3cc(OC)nc(OC)n3)CC2)cc1. The summed E-state index contributed by atoms with van der Waals surface area (Å²) < 4.78 is 15.4. The molecular weight excluding hydrogens is 350 g/mol. The van der Waals surface area contributed by atoms with E-state index in [4.69, 9.17) is 14.2 Å². The highest BCUT2D eigenvalue weighted by molar-refractivity contribution is 5.89. The maximum atomic E-state index is 12.5. The topological polar surface area (TPSA) is 89.1 Å². The summed E-state index contributed by atoms with van der Waals surface area (Å²) in [6.45, 7) is 2.46. The van der Waals surface area contributed by atoms with Gasteiger partial charge in [-0.05, 0) is 24.3 Å². The van der Waals surface area contributed by atoms with Crippen molar-refractivity contribution in [1.82, 2.24) is 14.9 Å². The number of urea groups is 1. The Bertz CT molecular complexity index is 754. The van der Waals surface area contributed by atoms with Gasteiger partial charge in [0, 0.05) is 37.9 Å². The third kappa shape index (κ3) is 4.49. The number of benzene rings is 1. The molecule has 0 saturated carbocycles. The first-order valence-electron chi connectivity index (χ1n) is 8.55. The fraction of sp³-hybridized carbons (Fsp3) is 0.389. The summed E-state index contributed by atoms with van der Waals surface area (Å²) in [5.74, 6) is 1.91. The molecule has 9 nitrogen and oxygen atoms in total. The zero-order valence-corrected chi connectivity index (χ0v) is 15.6. The van der Waals surface area contributed by atoms with Crippen molar-refractivity contribution < 1.29 is 19.0 Å². The average molecular weight is 373 g/mol. The second-order valence-electron chi connectivity index (χ2n) is 5.89. The van der Waals surface area contributed by atoms with Gasteiger partial charge in [0.1, 0.15) is 11.6 Å². The van der Waals surface area contributed by atoms with Crippen molar-refractivity contribution in [3.63, 3.8) is 0 Å². The van der Waals surface area contributed by atoms with Crippen molar-refractivity contribution in [3.05, 3.63) is 30.3 Å². The predicted octanol–water partition coefficient (Wildman–Crippen LogP) is 1.86. The van der Waals surface area contributed by atoms with Crippen LogP contribution < -0.4 is 24.4 Å². The van der Waals surface area contributed by atoms with Gasteiger partial charge >= 0.3 is 12.0 Å². The quantitative estimate of drug-likeness (QED) is 0.856. The van der Waals surface area contributed by atoms with Crippen molar-refractivity contribution in [2.45, 2.75) is 0 Å². The number of aromatic nitrogens is 2. The van der Waals surface area contributed by atoms with Gasteiger partial charge < -0.3 is 29.3 Å². The molecule has 1 aromatic carbocycles. The number of carbonyl (C=O) groups excluding carboxylic acids is 1. The van der Waals surface area contributed by atoms with Crippen LogP contribution in [0, 0.1) is 0 Å². The molecule has 0 unspecified atom stereocenters. The van der Waals surface area contributed by atoms with Gasteiger partial charge in [-0.25, -0.2) is 4.79 Å². The lowest BCUT2D eigenvalue weighted by Gasteiger charge is -2.35. The lowest BCUT2D eigenvalue weighted by Crippen LogP contribution is -2.50. The minimum Gasteiger partial charge on any atom is -0.497 e. The molecule has 1 aliphatic heterocycles. The molecule has 0 atom stereocenters. The molecule has 0 radical (unpaired) electrons. The first-order chi connectivity index (χ1) is 13.1. The third-order valence-electron chi connectivity index (χ3n) is 4.29. The molecule has 2 aromatic rings. The van der Waals surface area contributed by atoms with Gasteiger partial charge in [-0.2, -0.15) is 9.97 Å². The van der Waals surface area contributed by atoms with E-state index in [2.05, 4.69) is 20.2 Å². The standard InChI is InChI=1S/C18H23N5O4/c1-25-14-6-4-13(5-7-14)19-18(24)23-10-8-22(9-11-23)15-12-16(26-2)21-17(20-15)27-3/h4-7,12H,8-11H2,1-3H3,(H,19,24). The monoisotopic (exact) mass is 373 g/mol. The second-order valence-corrected chi connectivity index (χ2v) is 5.89. The minimum absolute atomic E-state index is 0.127. The summed E-state index contributed by atoms with van der Waals surface area (Å²) in [5, 5.41) is 2.90. The number of piperazine rings is 1. The van der Waals surface area contributed by atoms with E-state index in [1.807, 2.05) is 24.3 Å². The molecule has 1 fully saturated rings. The van der Waals surface area contributed by atoms with E-state index in [0.717, 1.165) is 11.4 Å². The summed E-state index contributed by atoms with van der Waals surface area (Å²) in [6, 6.07) is 9.13. The highest BCUT2D eigenvalue weighted by Gasteiger charge is 2.23. The lowest BCUT2D eigenvalue weighted by atomic mass is 10.3. The van der Waals surface area contributed by atoms with Crippen LogP contribution >= 0.6 is 0 Å². The number of amides is 2. The van der Waals surface area contributed by atoms with E-state index >= 15 is 0 Å². The van der Waals surface area contributed by atoms with Gasteiger partial charge in [-0.15, -0.1) is 0 Å². The number of ether oxygens (including phenoxy) is 3. The van der Waals surface area contributed by atoms with Crippen LogP contribution in [-0.4, -0.2) is 68.4 Å². The molecule has 1 aliphatic rings. The number of nitrogens with zero attached hydrogens (tertiary/aromatic N) is 4. The maximum absolute atomic E-state index is 12.5. The Hall–Kier alpha value is -3.23. The molecule has 2 heterocycles. The Kier molecular flexibility index (Phi) is 5.80. The number of carbonyl (C=O) groups is 1. The molecule has 9 heteroatoms. The van der Waals surface area contributed by atoms with Crippen LogP contribution in [0.5, 0.6) is 17.6 Å². The Labute approximate surface area is 157 Å². The highest BCUT2D eigenvalue weighted by Crippen LogP contribution is 2.22. The summed E-state index contributed by atoms with van der Waals surface area (Å²) >= 11 is 0. The van der Waals surface area contributed by atoms with E-state index in [1.54, 1.807) is 25.2 Å². The zero-order chi connectivity index (χ0) is 19.2. The van der Waals surface area contributed by atoms with Gasteiger partial charge in [0.2, 0.25) is 5.88 Å². The van der Waals surface area contributed by atoms with Crippen LogP contribution in [0.3, 0.4) is 0 Å². The molecule has 1 aromatic heterocycles. The average Bonchev–Trinajstić information content (AvgIpc) is 2.74. The summed E-state index contributed by atoms with van der Waals surface area (Å²) in [5.41, 5.74) is 0.730. The van der Waals surface area contributed by atoms with Crippen LogP contribution in [0.2, 0.25) is 0 Å². The van der Waals surface area contributed by atoms with Crippen molar-refractivity contribution >= 4 is 17.5 Å². The lowest BCUT2D eigenvalue weighted by molar-refractivity contribution is 0.208. The summed E-state index contributed by atoms with van der Waals surface area (Å²) in [4.78, 5) is 24.8.